The van der Waals surface area contributed by atoms with Crippen LogP contribution in [0.2, 0.25) is 0 Å². The third-order valence-corrected chi connectivity index (χ3v) is 9.68. The fourth-order valence-corrected chi connectivity index (χ4v) is 6.94. The van der Waals surface area contributed by atoms with Crippen molar-refractivity contribution in [1.29, 1.82) is 0 Å². The molecule has 9 heterocycles. The van der Waals surface area contributed by atoms with E-state index in [0.29, 0.717) is 0 Å². The smallest absolute Gasteiger partial charge is 0.657 e. The average Bonchev–Trinajstić information content (AvgIpc) is 3.99. The summed E-state index contributed by atoms with van der Waals surface area (Å²) < 4.78 is 8.14. The van der Waals surface area contributed by atoms with Crippen LogP contribution in [0.4, 0.5) is 0 Å². The van der Waals surface area contributed by atoms with Crippen LogP contribution in [0.3, 0.4) is 0 Å². The molecular formula is C44H36CuN8+4. The number of nitrogens with zero attached hydrogens (tertiary/aromatic N) is 8. The van der Waals surface area contributed by atoms with Crippen molar-refractivity contribution in [2.75, 3.05) is 0 Å². The second kappa shape index (κ2) is 13.7. The van der Waals surface area contributed by atoms with E-state index in [1.54, 1.807) is 0 Å². The molecule has 2 aliphatic heterocycles. The van der Waals surface area contributed by atoms with Crippen molar-refractivity contribution in [1.82, 2.24) is 19.9 Å². The summed E-state index contributed by atoms with van der Waals surface area (Å²) in [5.41, 5.74) is 14.7. The second-order valence-corrected chi connectivity index (χ2v) is 13.4. The maximum Gasteiger partial charge on any atom is 2.00 e. The molecule has 0 spiro atoms. The molecule has 259 valence electrons. The van der Waals surface area contributed by atoms with Crippen LogP contribution in [0.25, 0.3) is 90.9 Å². The van der Waals surface area contributed by atoms with Gasteiger partial charge in [0.2, 0.25) is 0 Å². The predicted octanol–water partition coefficient (Wildman–Crippen LogP) is 5.88. The topological polar surface area (TPSA) is 69.5 Å². The van der Waals surface area contributed by atoms with Crippen LogP contribution in [0.15, 0.2) is 122 Å². The van der Waals surface area contributed by atoms with Crippen molar-refractivity contribution >= 4 is 46.4 Å². The minimum Gasteiger partial charge on any atom is -0.657 e. The molecule has 0 saturated carbocycles. The van der Waals surface area contributed by atoms with Crippen molar-refractivity contribution in [2.45, 2.75) is 0 Å². The molecule has 0 amide bonds. The monoisotopic (exact) mass is 739 g/mol. The Morgan fingerprint density at radius 1 is 0.340 bits per heavy atom. The van der Waals surface area contributed by atoms with E-state index in [0.717, 1.165) is 89.4 Å². The van der Waals surface area contributed by atoms with Gasteiger partial charge in [0.05, 0.1) is 22.8 Å². The quantitative estimate of drug-likeness (QED) is 0.167. The molecule has 0 aromatic carbocycles. The molecule has 0 fully saturated rings. The van der Waals surface area contributed by atoms with Gasteiger partial charge in [0.25, 0.3) is 0 Å². The van der Waals surface area contributed by atoms with Crippen LogP contribution in [-0.4, -0.2) is 9.97 Å². The fraction of sp³-hybridized carbons (Fsp3) is 0.0909. The van der Waals surface area contributed by atoms with Gasteiger partial charge in [0.15, 0.2) is 49.6 Å². The summed E-state index contributed by atoms with van der Waals surface area (Å²) in [5, 5.41) is 0. The third kappa shape index (κ3) is 6.31. The van der Waals surface area contributed by atoms with Gasteiger partial charge in [0.1, 0.15) is 28.2 Å². The number of aromatic nitrogens is 8. The first-order valence-corrected chi connectivity index (χ1v) is 17.3. The van der Waals surface area contributed by atoms with Gasteiger partial charge in [-0.15, -0.1) is 22.1 Å². The molecule has 8 bridgehead atoms. The maximum absolute atomic E-state index is 5.35. The van der Waals surface area contributed by atoms with Gasteiger partial charge in [0, 0.05) is 48.5 Å². The van der Waals surface area contributed by atoms with Crippen LogP contribution in [-0.2, 0) is 45.3 Å². The summed E-state index contributed by atoms with van der Waals surface area (Å²) in [6, 6.07) is 25.4. The molecule has 7 aromatic heterocycles. The molecule has 9 rings (SSSR count). The third-order valence-electron chi connectivity index (χ3n) is 9.68. The Hall–Kier alpha value is -6.28. The average molecular weight is 740 g/mol. The van der Waals surface area contributed by atoms with E-state index >= 15 is 0 Å². The number of aryl methyl sites for hydroxylation is 4. The summed E-state index contributed by atoms with van der Waals surface area (Å²) in [5.74, 6) is 0. The molecule has 0 N–H and O–H groups in total. The van der Waals surface area contributed by atoms with Crippen LogP contribution in [0.1, 0.15) is 22.8 Å². The van der Waals surface area contributed by atoms with E-state index in [1.807, 2.05) is 46.5 Å². The Morgan fingerprint density at radius 3 is 0.755 bits per heavy atom. The van der Waals surface area contributed by atoms with Gasteiger partial charge < -0.3 is 9.97 Å². The Morgan fingerprint density at radius 2 is 0.547 bits per heavy atom. The number of hydrogen-bond acceptors (Lipinski definition) is 2. The maximum atomic E-state index is 5.35. The normalized spacial score (nSPS) is 11.8. The van der Waals surface area contributed by atoms with Gasteiger partial charge in [-0.3, -0.25) is 0 Å². The summed E-state index contributed by atoms with van der Waals surface area (Å²) in [7, 11) is 8.10. The van der Waals surface area contributed by atoms with Crippen molar-refractivity contribution in [3.63, 3.8) is 0 Å². The summed E-state index contributed by atoms with van der Waals surface area (Å²) >= 11 is 0. The molecule has 9 heteroatoms. The molecule has 0 atom stereocenters. The molecule has 53 heavy (non-hydrogen) atoms. The molecule has 0 saturated heterocycles. The zero-order valence-corrected chi connectivity index (χ0v) is 30.7. The summed E-state index contributed by atoms with van der Waals surface area (Å²) in [6.45, 7) is 0. The first kappa shape index (κ1) is 33.8. The summed E-state index contributed by atoms with van der Waals surface area (Å²) in [4.78, 5) is 21.4. The van der Waals surface area contributed by atoms with Gasteiger partial charge >= 0.3 is 17.1 Å². The van der Waals surface area contributed by atoms with E-state index in [9.17, 15) is 0 Å². The summed E-state index contributed by atoms with van der Waals surface area (Å²) in [6.07, 6.45) is 24.9. The van der Waals surface area contributed by atoms with E-state index in [1.165, 1.54) is 0 Å². The van der Waals surface area contributed by atoms with Crippen molar-refractivity contribution in [2.24, 2.45) is 28.2 Å². The van der Waals surface area contributed by atoms with E-state index < -0.39 is 0 Å². The van der Waals surface area contributed by atoms with Gasteiger partial charge in [-0.2, -0.15) is 0 Å². The number of hydrogen-bond donors (Lipinski definition) is 0. The predicted molar refractivity (Wildman–Crippen MR) is 203 cm³/mol. The molecule has 2 aliphatic rings. The minimum atomic E-state index is 0. The molecule has 0 aliphatic carbocycles. The van der Waals surface area contributed by atoms with Crippen LogP contribution < -0.4 is 28.2 Å². The molecule has 7 aromatic rings. The first-order chi connectivity index (χ1) is 25.4. The Kier molecular flexibility index (Phi) is 8.74. The zero-order valence-electron chi connectivity index (χ0n) is 29.7. The Bertz CT molecular complexity index is 2370. The Balaban J connectivity index is 0.00000400. The molecule has 1 radical (unpaired) electrons. The van der Waals surface area contributed by atoms with E-state index in [-0.39, 0.29) is 17.1 Å². The molecule has 8 nitrogen and oxygen atoms in total. The minimum absolute atomic E-state index is 0. The zero-order chi connectivity index (χ0) is 35.3. The van der Waals surface area contributed by atoms with Gasteiger partial charge in [-0.25, -0.2) is 28.2 Å². The van der Waals surface area contributed by atoms with Crippen molar-refractivity contribution < 1.29 is 35.3 Å². The number of fused-ring (bicyclic) bond motifs is 8. The molecular weight excluding hydrogens is 704 g/mol. The second-order valence-electron chi connectivity index (χ2n) is 13.4. The van der Waals surface area contributed by atoms with E-state index in [4.69, 9.17) is 19.9 Å². The fourth-order valence-electron chi connectivity index (χ4n) is 6.94. The van der Waals surface area contributed by atoms with Gasteiger partial charge in [-0.1, -0.05) is 24.3 Å². The van der Waals surface area contributed by atoms with Crippen LogP contribution in [0.5, 0.6) is 0 Å². The first-order valence-electron chi connectivity index (χ1n) is 17.3. The van der Waals surface area contributed by atoms with Crippen molar-refractivity contribution in [3.05, 3.63) is 145 Å². The standard InChI is InChI=1S/C44H36N8.Cu/c1-49-21-13-29(14-22-49)41-33-5-7-35(45-33)42(30-15-23-50(2)24-16-30)37-9-11-39(47-37)44(32-19-27-52(4)28-20-32)40-12-10-38(48-40)43(36-8-6-34(41)46-36)31-17-25-51(3)26-18-31;/h5-28H,1-4H3;/q2*+2. The number of rotatable bonds is 4. The van der Waals surface area contributed by atoms with Gasteiger partial charge in [-0.05, 0) is 68.8 Å². The van der Waals surface area contributed by atoms with E-state index in [2.05, 4.69) is 147 Å². The number of pyridine rings is 4. The van der Waals surface area contributed by atoms with Crippen LogP contribution >= 0.6 is 0 Å². The SMILES string of the molecule is C[n+]1ccc(-c2c3nc(c(-c4cc[n+](C)cc4)c4ccc([n-]4)c(-c4cc[n+](C)cc4)c4nc(c(-c5cc[n+](C)cc5)c5ccc2[n-]5)C=C4)C=C3)cc1.[Cu+2]. The van der Waals surface area contributed by atoms with Crippen LogP contribution in [0, 0.1) is 0 Å². The Labute approximate surface area is 318 Å². The van der Waals surface area contributed by atoms with Crippen molar-refractivity contribution in [3.8, 4) is 44.5 Å². The molecule has 0 unspecified atom stereocenters. The largest absolute Gasteiger partial charge is 2.00 e.